The van der Waals surface area contributed by atoms with E-state index in [1.54, 1.807) is 12.1 Å². The summed E-state index contributed by atoms with van der Waals surface area (Å²) in [6, 6.07) is 5.96. The number of fused-ring (bicyclic) bond motifs is 1. The van der Waals surface area contributed by atoms with Gasteiger partial charge in [-0.3, -0.25) is 0 Å². The minimum atomic E-state index is 0.255. The molecule has 1 aromatic rings. The summed E-state index contributed by atoms with van der Waals surface area (Å²) in [5.41, 5.74) is 1.14. The minimum Gasteiger partial charge on any atom is -0.508 e. The van der Waals surface area contributed by atoms with Gasteiger partial charge in [-0.05, 0) is 12.1 Å². The topological polar surface area (TPSA) is 41.5 Å². The Morgan fingerprint density at radius 1 is 1.50 bits per heavy atom. The first-order valence-electron chi connectivity index (χ1n) is 4.88. The Kier molecular flexibility index (Phi) is 2.33. The molecule has 1 aromatic carbocycles. The lowest BCUT2D eigenvalue weighted by Gasteiger charge is -2.14. The molecule has 0 aliphatic carbocycles. The Hall–Kier alpha value is -1.22. The van der Waals surface area contributed by atoms with Gasteiger partial charge in [0, 0.05) is 17.7 Å². The van der Waals surface area contributed by atoms with Crippen LogP contribution >= 0.6 is 0 Å². The van der Waals surface area contributed by atoms with Crippen molar-refractivity contribution in [3.8, 4) is 11.5 Å². The predicted molar refractivity (Wildman–Crippen MR) is 54.6 cm³/mol. The Balaban J connectivity index is 2.22. The van der Waals surface area contributed by atoms with E-state index in [-0.39, 0.29) is 11.8 Å². The highest BCUT2D eigenvalue weighted by molar-refractivity contribution is 5.44. The van der Waals surface area contributed by atoms with Crippen LogP contribution in [-0.4, -0.2) is 17.8 Å². The highest BCUT2D eigenvalue weighted by atomic mass is 16.5. The SMILES string of the molecule is CC(C)NC1COc2cc(O)ccc21. The van der Waals surface area contributed by atoms with Crippen LogP contribution in [0.3, 0.4) is 0 Å². The number of phenolic OH excluding ortho intramolecular Hbond substituents is 1. The molecule has 1 aliphatic heterocycles. The molecule has 76 valence electrons. The zero-order chi connectivity index (χ0) is 10.1. The molecule has 3 nitrogen and oxygen atoms in total. The molecule has 0 spiro atoms. The van der Waals surface area contributed by atoms with Crippen LogP contribution in [0, 0.1) is 0 Å². The monoisotopic (exact) mass is 193 g/mol. The van der Waals surface area contributed by atoms with Crippen LogP contribution in [0.25, 0.3) is 0 Å². The fourth-order valence-corrected chi connectivity index (χ4v) is 1.74. The number of rotatable bonds is 2. The van der Waals surface area contributed by atoms with Crippen molar-refractivity contribution >= 4 is 0 Å². The summed E-state index contributed by atoms with van der Waals surface area (Å²) in [5.74, 6) is 1.05. The van der Waals surface area contributed by atoms with E-state index < -0.39 is 0 Å². The van der Waals surface area contributed by atoms with Crippen LogP contribution in [0.4, 0.5) is 0 Å². The van der Waals surface area contributed by atoms with E-state index in [1.165, 1.54) is 0 Å². The molecular formula is C11H15NO2. The first-order valence-corrected chi connectivity index (χ1v) is 4.88. The molecule has 1 atom stereocenters. The lowest BCUT2D eigenvalue weighted by atomic mass is 10.1. The number of hydrogen-bond donors (Lipinski definition) is 2. The van der Waals surface area contributed by atoms with Gasteiger partial charge in [0.25, 0.3) is 0 Å². The normalized spacial score (nSPS) is 19.5. The van der Waals surface area contributed by atoms with Gasteiger partial charge in [-0.25, -0.2) is 0 Å². The van der Waals surface area contributed by atoms with Crippen molar-refractivity contribution in [3.05, 3.63) is 23.8 Å². The molecule has 2 rings (SSSR count). The zero-order valence-electron chi connectivity index (χ0n) is 8.45. The Morgan fingerprint density at radius 2 is 2.29 bits per heavy atom. The molecule has 1 unspecified atom stereocenters. The average Bonchev–Trinajstić information content (AvgIpc) is 2.47. The molecular weight excluding hydrogens is 178 g/mol. The van der Waals surface area contributed by atoms with Crippen LogP contribution in [0.2, 0.25) is 0 Å². The molecule has 0 aromatic heterocycles. The lowest BCUT2D eigenvalue weighted by molar-refractivity contribution is 0.302. The van der Waals surface area contributed by atoms with Crippen LogP contribution in [0.1, 0.15) is 25.5 Å². The number of nitrogens with one attached hydrogen (secondary N) is 1. The molecule has 1 heterocycles. The second-order valence-electron chi connectivity index (χ2n) is 3.91. The second kappa shape index (κ2) is 3.50. The van der Waals surface area contributed by atoms with Crippen molar-refractivity contribution in [2.75, 3.05) is 6.61 Å². The molecule has 0 saturated heterocycles. The number of aromatic hydroxyl groups is 1. The van der Waals surface area contributed by atoms with Crippen LogP contribution < -0.4 is 10.1 Å². The first-order chi connectivity index (χ1) is 6.66. The lowest BCUT2D eigenvalue weighted by Crippen LogP contribution is -2.28. The van der Waals surface area contributed by atoms with Gasteiger partial charge in [-0.1, -0.05) is 13.8 Å². The van der Waals surface area contributed by atoms with E-state index in [9.17, 15) is 5.11 Å². The van der Waals surface area contributed by atoms with E-state index in [0.29, 0.717) is 12.6 Å². The smallest absolute Gasteiger partial charge is 0.127 e. The van der Waals surface area contributed by atoms with Gasteiger partial charge >= 0.3 is 0 Å². The molecule has 0 amide bonds. The highest BCUT2D eigenvalue weighted by Gasteiger charge is 2.24. The van der Waals surface area contributed by atoms with Crippen LogP contribution in [0.5, 0.6) is 11.5 Å². The van der Waals surface area contributed by atoms with E-state index in [0.717, 1.165) is 11.3 Å². The average molecular weight is 193 g/mol. The Morgan fingerprint density at radius 3 is 3.00 bits per heavy atom. The molecule has 0 bridgehead atoms. The van der Waals surface area contributed by atoms with Crippen molar-refractivity contribution in [2.24, 2.45) is 0 Å². The van der Waals surface area contributed by atoms with Crippen molar-refractivity contribution in [2.45, 2.75) is 25.9 Å². The number of hydrogen-bond acceptors (Lipinski definition) is 3. The molecule has 1 aliphatic rings. The van der Waals surface area contributed by atoms with Gasteiger partial charge < -0.3 is 15.2 Å². The van der Waals surface area contributed by atoms with Gasteiger partial charge in [0.1, 0.15) is 18.1 Å². The summed E-state index contributed by atoms with van der Waals surface area (Å²) in [6.45, 7) is 4.87. The number of ether oxygens (including phenoxy) is 1. The third-order valence-electron chi connectivity index (χ3n) is 2.31. The third-order valence-corrected chi connectivity index (χ3v) is 2.31. The quantitative estimate of drug-likeness (QED) is 0.752. The standard InChI is InChI=1S/C11H15NO2/c1-7(2)12-10-6-14-11-5-8(13)3-4-9(10)11/h3-5,7,10,12-13H,6H2,1-2H3. The van der Waals surface area contributed by atoms with Crippen LogP contribution in [-0.2, 0) is 0 Å². The van der Waals surface area contributed by atoms with E-state index in [2.05, 4.69) is 19.2 Å². The minimum absolute atomic E-state index is 0.255. The summed E-state index contributed by atoms with van der Waals surface area (Å²) in [7, 11) is 0. The van der Waals surface area contributed by atoms with Gasteiger partial charge in [0.05, 0.1) is 6.04 Å². The Bertz CT molecular complexity index is 336. The summed E-state index contributed by atoms with van der Waals surface area (Å²) in [4.78, 5) is 0. The van der Waals surface area contributed by atoms with Crippen molar-refractivity contribution in [3.63, 3.8) is 0 Å². The fourth-order valence-electron chi connectivity index (χ4n) is 1.74. The van der Waals surface area contributed by atoms with E-state index in [4.69, 9.17) is 4.74 Å². The summed E-state index contributed by atoms with van der Waals surface area (Å²) < 4.78 is 5.47. The largest absolute Gasteiger partial charge is 0.508 e. The maximum Gasteiger partial charge on any atom is 0.127 e. The van der Waals surface area contributed by atoms with Gasteiger partial charge in [0.15, 0.2) is 0 Å². The maximum absolute atomic E-state index is 9.26. The van der Waals surface area contributed by atoms with Crippen molar-refractivity contribution < 1.29 is 9.84 Å². The van der Waals surface area contributed by atoms with Crippen molar-refractivity contribution in [1.29, 1.82) is 0 Å². The van der Waals surface area contributed by atoms with Gasteiger partial charge in [-0.2, -0.15) is 0 Å². The Labute approximate surface area is 83.7 Å². The van der Waals surface area contributed by atoms with E-state index >= 15 is 0 Å². The molecule has 2 N–H and O–H groups in total. The summed E-state index contributed by atoms with van der Waals surface area (Å²) in [5, 5.41) is 12.7. The second-order valence-corrected chi connectivity index (χ2v) is 3.91. The first kappa shape index (κ1) is 9.34. The summed E-state index contributed by atoms with van der Waals surface area (Å²) in [6.07, 6.45) is 0. The van der Waals surface area contributed by atoms with Crippen LogP contribution in [0.15, 0.2) is 18.2 Å². The molecule has 3 heteroatoms. The molecule has 0 radical (unpaired) electrons. The number of phenols is 1. The van der Waals surface area contributed by atoms with E-state index in [1.807, 2.05) is 6.07 Å². The molecule has 14 heavy (non-hydrogen) atoms. The highest BCUT2D eigenvalue weighted by Crippen LogP contribution is 2.34. The predicted octanol–water partition coefficient (Wildman–Crippen LogP) is 1.82. The molecule has 0 fully saturated rings. The maximum atomic E-state index is 9.26. The fraction of sp³-hybridized carbons (Fsp3) is 0.455. The molecule has 0 saturated carbocycles. The number of benzene rings is 1. The van der Waals surface area contributed by atoms with Gasteiger partial charge in [0.2, 0.25) is 0 Å². The third kappa shape index (κ3) is 1.68. The van der Waals surface area contributed by atoms with Gasteiger partial charge in [-0.15, -0.1) is 0 Å². The van der Waals surface area contributed by atoms with Crippen molar-refractivity contribution in [1.82, 2.24) is 5.32 Å². The zero-order valence-corrected chi connectivity index (χ0v) is 8.45. The summed E-state index contributed by atoms with van der Waals surface area (Å²) >= 11 is 0.